The van der Waals surface area contributed by atoms with Crippen LogP contribution in [0.5, 0.6) is 5.75 Å². The molecule has 7 heteroatoms. The number of aromatic nitrogens is 1. The van der Waals surface area contributed by atoms with Gasteiger partial charge in [0.25, 0.3) is 5.56 Å². The Morgan fingerprint density at radius 2 is 1.95 bits per heavy atom. The second kappa shape index (κ2) is 10.3. The molecule has 6 nitrogen and oxygen atoms in total. The maximum atomic E-state index is 13.9. The molecule has 0 fully saturated rings. The second-order valence-electron chi connectivity index (χ2n) is 8.44. The first kappa shape index (κ1) is 24.3. The van der Waals surface area contributed by atoms with Gasteiger partial charge in [0, 0.05) is 0 Å². The maximum Gasteiger partial charge on any atom is 0.338 e. The molecule has 1 atom stereocenters. The Morgan fingerprint density at radius 1 is 1.16 bits per heavy atom. The van der Waals surface area contributed by atoms with Crippen LogP contribution < -0.4 is 19.6 Å². The molecule has 0 radical (unpaired) electrons. The third-order valence-corrected chi connectivity index (χ3v) is 7.10. The lowest BCUT2D eigenvalue weighted by atomic mass is 9.91. The molecule has 184 valence electrons. The highest BCUT2D eigenvalue weighted by Gasteiger charge is 2.34. The zero-order valence-electron chi connectivity index (χ0n) is 20.4. The lowest BCUT2D eigenvalue weighted by Crippen LogP contribution is -2.40. The van der Waals surface area contributed by atoms with E-state index in [1.165, 1.54) is 11.3 Å². The number of ether oxygens (including phenoxy) is 2. The average molecular weight is 509 g/mol. The van der Waals surface area contributed by atoms with Crippen LogP contribution in [0.15, 0.2) is 87.8 Å². The van der Waals surface area contributed by atoms with Crippen molar-refractivity contribution >= 4 is 34.2 Å². The normalized spacial score (nSPS) is 15.2. The van der Waals surface area contributed by atoms with E-state index in [1.54, 1.807) is 24.5 Å². The Hall–Kier alpha value is -4.41. The van der Waals surface area contributed by atoms with E-state index in [9.17, 15) is 9.59 Å². The van der Waals surface area contributed by atoms with Gasteiger partial charge in [-0.3, -0.25) is 9.36 Å². The zero-order chi connectivity index (χ0) is 25.9. The molecule has 0 saturated heterocycles. The molecular formula is C30H24N2O4S. The third kappa shape index (κ3) is 4.59. The lowest BCUT2D eigenvalue weighted by Gasteiger charge is -2.25. The van der Waals surface area contributed by atoms with Gasteiger partial charge in [0.05, 0.1) is 28.5 Å². The molecule has 2 heterocycles. The first-order valence-electron chi connectivity index (χ1n) is 11.9. The summed E-state index contributed by atoms with van der Waals surface area (Å²) in [4.78, 5) is 32.2. The van der Waals surface area contributed by atoms with Crippen molar-refractivity contribution in [2.45, 2.75) is 19.9 Å². The summed E-state index contributed by atoms with van der Waals surface area (Å²) in [6, 6.07) is 20.5. The topological polar surface area (TPSA) is 69.9 Å². The highest BCUT2D eigenvalue weighted by Crippen LogP contribution is 2.34. The summed E-state index contributed by atoms with van der Waals surface area (Å²) in [5, 5.41) is 1.98. The molecule has 1 aliphatic rings. The van der Waals surface area contributed by atoms with Crippen LogP contribution in [0, 0.1) is 12.3 Å². The number of terminal acetylenes is 1. The Bertz CT molecular complexity index is 1770. The van der Waals surface area contributed by atoms with Crippen LogP contribution in [0.25, 0.3) is 16.8 Å². The van der Waals surface area contributed by atoms with E-state index in [-0.39, 0.29) is 18.8 Å². The van der Waals surface area contributed by atoms with E-state index >= 15 is 0 Å². The van der Waals surface area contributed by atoms with Crippen LogP contribution in [-0.2, 0) is 9.53 Å². The molecule has 0 unspecified atom stereocenters. The van der Waals surface area contributed by atoms with Gasteiger partial charge in [-0.25, -0.2) is 9.79 Å². The Kier molecular flexibility index (Phi) is 6.76. The molecule has 1 aromatic heterocycles. The van der Waals surface area contributed by atoms with Crippen LogP contribution in [0.4, 0.5) is 0 Å². The minimum atomic E-state index is -0.672. The molecule has 0 saturated carbocycles. The summed E-state index contributed by atoms with van der Waals surface area (Å²) in [7, 11) is 0. The predicted molar refractivity (Wildman–Crippen MR) is 145 cm³/mol. The number of carbonyl (C=O) groups excluding carboxylic acids is 1. The highest BCUT2D eigenvalue weighted by atomic mass is 32.1. The van der Waals surface area contributed by atoms with Gasteiger partial charge in [-0.2, -0.15) is 0 Å². The molecule has 0 N–H and O–H groups in total. The molecule has 0 amide bonds. The number of nitrogens with zero attached hydrogens (tertiary/aromatic N) is 2. The van der Waals surface area contributed by atoms with Gasteiger partial charge in [0.15, 0.2) is 4.80 Å². The SMILES string of the molecule is C#CCOc1cccc(/C=c2/sc3n(c2=O)[C@@H](c2cccc4ccccc24)C(C(=O)OCC)=C(C)N=3)c1. The standard InChI is InChI=1S/C30H24N2O4S/c1-4-16-36-22-13-8-10-20(17-22)18-25-28(33)32-27(24-15-9-12-21-11-6-7-14-23(21)24)26(29(34)35-5-2)19(3)31-30(32)37-25/h1,6-15,17-18,27H,5,16H2,2-3H3/b25-18+/t27-/m0/s1. The smallest absolute Gasteiger partial charge is 0.338 e. The molecule has 5 rings (SSSR count). The number of hydrogen-bond acceptors (Lipinski definition) is 6. The third-order valence-electron chi connectivity index (χ3n) is 6.11. The van der Waals surface area contributed by atoms with Crippen LogP contribution in [-0.4, -0.2) is 23.8 Å². The van der Waals surface area contributed by atoms with Gasteiger partial charge in [-0.15, -0.1) is 6.42 Å². The number of fused-ring (bicyclic) bond motifs is 2. The first-order valence-corrected chi connectivity index (χ1v) is 12.7. The molecule has 1 aliphatic heterocycles. The van der Waals surface area contributed by atoms with E-state index in [4.69, 9.17) is 15.9 Å². The van der Waals surface area contributed by atoms with Crippen LogP contribution >= 0.6 is 11.3 Å². The van der Waals surface area contributed by atoms with Crippen molar-refractivity contribution in [1.29, 1.82) is 0 Å². The number of esters is 1. The minimum absolute atomic E-state index is 0.159. The fourth-order valence-corrected chi connectivity index (χ4v) is 5.59. The van der Waals surface area contributed by atoms with Crippen molar-refractivity contribution in [1.82, 2.24) is 4.57 Å². The van der Waals surface area contributed by atoms with Crippen molar-refractivity contribution in [3.8, 4) is 18.1 Å². The van der Waals surface area contributed by atoms with E-state index in [0.29, 0.717) is 26.4 Å². The van der Waals surface area contributed by atoms with E-state index in [0.717, 1.165) is 21.9 Å². The summed E-state index contributed by atoms with van der Waals surface area (Å²) in [6.45, 7) is 3.93. The van der Waals surface area contributed by atoms with Crippen molar-refractivity contribution in [2.24, 2.45) is 4.99 Å². The summed E-state index contributed by atoms with van der Waals surface area (Å²) >= 11 is 1.28. The first-order chi connectivity index (χ1) is 18.0. The van der Waals surface area contributed by atoms with Gasteiger partial charge in [0.2, 0.25) is 0 Å². The van der Waals surface area contributed by atoms with Crippen LogP contribution in [0.1, 0.15) is 31.0 Å². The Morgan fingerprint density at radius 3 is 2.76 bits per heavy atom. The number of carbonyl (C=O) groups is 1. The minimum Gasteiger partial charge on any atom is -0.481 e. The number of allylic oxidation sites excluding steroid dienone is 1. The fourth-order valence-electron chi connectivity index (χ4n) is 4.55. The highest BCUT2D eigenvalue weighted by molar-refractivity contribution is 7.07. The molecule has 0 aliphatic carbocycles. The zero-order valence-corrected chi connectivity index (χ0v) is 21.2. The van der Waals surface area contributed by atoms with Gasteiger partial charge in [-0.05, 0) is 54.0 Å². The molecule has 37 heavy (non-hydrogen) atoms. The summed E-state index contributed by atoms with van der Waals surface area (Å²) < 4.78 is 13.0. The van der Waals surface area contributed by atoms with Gasteiger partial charge in [-0.1, -0.05) is 71.9 Å². The molecule has 0 spiro atoms. The van der Waals surface area contributed by atoms with E-state index < -0.39 is 12.0 Å². The molecule has 4 aromatic rings. The number of thiazole rings is 1. The van der Waals surface area contributed by atoms with E-state index in [2.05, 4.69) is 10.9 Å². The van der Waals surface area contributed by atoms with Crippen molar-refractivity contribution in [2.75, 3.05) is 13.2 Å². The Labute approximate surface area is 217 Å². The molecule has 0 bridgehead atoms. The fraction of sp³-hybridized carbons (Fsp3) is 0.167. The van der Waals surface area contributed by atoms with Crippen LogP contribution in [0.3, 0.4) is 0 Å². The summed E-state index contributed by atoms with van der Waals surface area (Å²) in [6.07, 6.45) is 7.10. The molecular weight excluding hydrogens is 484 g/mol. The Balaban J connectivity index is 1.73. The van der Waals surface area contributed by atoms with Crippen LogP contribution in [0.2, 0.25) is 0 Å². The number of hydrogen-bond donors (Lipinski definition) is 0. The predicted octanol–water partition coefficient (Wildman–Crippen LogP) is 3.96. The maximum absolute atomic E-state index is 13.9. The van der Waals surface area contributed by atoms with Crippen molar-refractivity contribution in [3.63, 3.8) is 0 Å². The summed E-state index contributed by atoms with van der Waals surface area (Å²) in [5.41, 5.74) is 2.30. The number of rotatable bonds is 6. The van der Waals surface area contributed by atoms with Gasteiger partial charge in [0.1, 0.15) is 12.4 Å². The largest absolute Gasteiger partial charge is 0.481 e. The molecule has 3 aromatic carbocycles. The average Bonchev–Trinajstić information content (AvgIpc) is 3.20. The quantitative estimate of drug-likeness (QED) is 0.292. The van der Waals surface area contributed by atoms with Crippen molar-refractivity contribution < 1.29 is 14.3 Å². The second-order valence-corrected chi connectivity index (χ2v) is 9.45. The van der Waals surface area contributed by atoms with Crippen molar-refractivity contribution in [3.05, 3.63) is 109 Å². The van der Waals surface area contributed by atoms with Gasteiger partial charge >= 0.3 is 5.97 Å². The lowest BCUT2D eigenvalue weighted by molar-refractivity contribution is -0.139. The number of benzene rings is 3. The monoisotopic (exact) mass is 508 g/mol. The summed E-state index contributed by atoms with van der Waals surface area (Å²) in [5.74, 6) is 2.59. The van der Waals surface area contributed by atoms with E-state index in [1.807, 2.05) is 66.7 Å². The van der Waals surface area contributed by atoms with Gasteiger partial charge < -0.3 is 9.47 Å².